The van der Waals surface area contributed by atoms with Gasteiger partial charge in [0, 0.05) is 7.11 Å². The molecule has 0 aromatic carbocycles. The Morgan fingerprint density at radius 2 is 1.39 bits per heavy atom. The quantitative estimate of drug-likeness (QED) is 0.406. The van der Waals surface area contributed by atoms with Gasteiger partial charge < -0.3 is 4.74 Å². The predicted molar refractivity (Wildman–Crippen MR) is 131 cm³/mol. The average Bonchev–Trinajstić information content (AvgIpc) is 2.72. The fraction of sp³-hybridized carbons (Fsp3) is 1.00. The van der Waals surface area contributed by atoms with Crippen molar-refractivity contribution in [3.05, 3.63) is 0 Å². The van der Waals surface area contributed by atoms with E-state index < -0.39 is 0 Å². The lowest BCUT2D eigenvalue weighted by molar-refractivity contribution is -0.235. The molecule has 5 rings (SSSR count). The van der Waals surface area contributed by atoms with Crippen LogP contribution in [0.15, 0.2) is 0 Å². The molecule has 0 heterocycles. The molecule has 0 spiro atoms. The summed E-state index contributed by atoms with van der Waals surface area (Å²) in [7, 11) is 1.95. The van der Waals surface area contributed by atoms with Crippen molar-refractivity contribution in [2.45, 2.75) is 125 Å². The summed E-state index contributed by atoms with van der Waals surface area (Å²) in [4.78, 5) is 0. The van der Waals surface area contributed by atoms with Crippen LogP contribution in [-0.4, -0.2) is 13.2 Å². The standard InChI is InChI=1S/C30H52O/c1-20-24(31-8)10-9-22-21-11-14-30(7)25-19-26(2,3)15-16-27(25,4)17-18-29(30,6)23(21)12-13-28(20,22)5/h20-25H,9-19H2,1-8H3. The Kier molecular flexibility index (Phi) is 5.13. The van der Waals surface area contributed by atoms with E-state index in [0.29, 0.717) is 39.1 Å². The zero-order chi connectivity index (χ0) is 22.4. The molecule has 0 N–H and O–H groups in total. The average molecular weight is 429 g/mol. The minimum Gasteiger partial charge on any atom is -0.381 e. The summed E-state index contributed by atoms with van der Waals surface area (Å²) in [6.45, 7) is 18.6. The van der Waals surface area contributed by atoms with Crippen molar-refractivity contribution >= 4 is 0 Å². The maximum absolute atomic E-state index is 5.97. The molecule has 1 nitrogen and oxygen atoms in total. The molecule has 5 aliphatic rings. The van der Waals surface area contributed by atoms with Crippen LogP contribution in [0.2, 0.25) is 0 Å². The Morgan fingerprint density at radius 3 is 2.10 bits per heavy atom. The summed E-state index contributed by atoms with van der Waals surface area (Å²) in [5, 5.41) is 0. The van der Waals surface area contributed by atoms with Crippen LogP contribution >= 0.6 is 0 Å². The Balaban J connectivity index is 1.48. The third-order valence-electron chi connectivity index (χ3n) is 13.6. The van der Waals surface area contributed by atoms with Gasteiger partial charge in [0.2, 0.25) is 0 Å². The molecule has 5 aliphatic carbocycles. The van der Waals surface area contributed by atoms with E-state index in [2.05, 4.69) is 48.5 Å². The lowest BCUT2D eigenvalue weighted by Crippen LogP contribution is -2.65. The first-order chi connectivity index (χ1) is 14.4. The molecule has 0 aromatic rings. The molecule has 0 amide bonds. The van der Waals surface area contributed by atoms with Crippen molar-refractivity contribution in [3.63, 3.8) is 0 Å². The Labute approximate surface area is 193 Å². The SMILES string of the molecule is COC1CCC2C3CCC4(C)C5CC(C)(C)CCC5(C)CCC4(C)C3CCC2(C)C1C. The lowest BCUT2D eigenvalue weighted by atomic mass is 9.33. The zero-order valence-electron chi connectivity index (χ0n) is 22.2. The van der Waals surface area contributed by atoms with Gasteiger partial charge in [0.1, 0.15) is 0 Å². The molecule has 0 aromatic heterocycles. The molecule has 31 heavy (non-hydrogen) atoms. The van der Waals surface area contributed by atoms with Crippen LogP contribution < -0.4 is 0 Å². The van der Waals surface area contributed by atoms with Gasteiger partial charge in [0.05, 0.1) is 6.10 Å². The van der Waals surface area contributed by atoms with Crippen molar-refractivity contribution in [2.24, 2.45) is 56.7 Å². The van der Waals surface area contributed by atoms with Crippen LogP contribution in [0.5, 0.6) is 0 Å². The Morgan fingerprint density at radius 1 is 0.677 bits per heavy atom. The highest BCUT2D eigenvalue weighted by atomic mass is 16.5. The molecule has 10 atom stereocenters. The highest BCUT2D eigenvalue weighted by Crippen LogP contribution is 2.75. The third kappa shape index (κ3) is 2.96. The fourth-order valence-corrected chi connectivity index (χ4v) is 11.0. The summed E-state index contributed by atoms with van der Waals surface area (Å²) in [6, 6.07) is 0. The van der Waals surface area contributed by atoms with Gasteiger partial charge in [-0.15, -0.1) is 0 Å². The number of methoxy groups -OCH3 is 1. The van der Waals surface area contributed by atoms with E-state index in [1.54, 1.807) is 0 Å². The number of ether oxygens (including phenoxy) is 1. The molecule has 10 unspecified atom stereocenters. The van der Waals surface area contributed by atoms with Crippen molar-refractivity contribution in [1.82, 2.24) is 0 Å². The van der Waals surface area contributed by atoms with E-state index in [1.165, 1.54) is 70.6 Å². The first kappa shape index (κ1) is 22.7. The van der Waals surface area contributed by atoms with Crippen LogP contribution in [-0.2, 0) is 4.74 Å². The molecule has 0 aliphatic heterocycles. The Hall–Kier alpha value is -0.0400. The van der Waals surface area contributed by atoms with Gasteiger partial charge in [-0.05, 0) is 127 Å². The molecule has 0 radical (unpaired) electrons. The molecule has 1 heteroatoms. The second-order valence-corrected chi connectivity index (χ2v) is 15.0. The van der Waals surface area contributed by atoms with E-state index in [4.69, 9.17) is 4.74 Å². The van der Waals surface area contributed by atoms with E-state index in [0.717, 1.165) is 23.7 Å². The highest BCUT2D eigenvalue weighted by molar-refractivity contribution is 5.16. The molecule has 5 saturated carbocycles. The van der Waals surface area contributed by atoms with Gasteiger partial charge in [0.15, 0.2) is 0 Å². The monoisotopic (exact) mass is 428 g/mol. The van der Waals surface area contributed by atoms with Crippen molar-refractivity contribution in [3.8, 4) is 0 Å². The Bertz CT molecular complexity index is 711. The molecule has 0 bridgehead atoms. The summed E-state index contributed by atoms with van der Waals surface area (Å²) >= 11 is 0. The maximum atomic E-state index is 5.97. The number of rotatable bonds is 1. The molecular weight excluding hydrogens is 376 g/mol. The van der Waals surface area contributed by atoms with Gasteiger partial charge in [-0.3, -0.25) is 0 Å². The van der Waals surface area contributed by atoms with Crippen molar-refractivity contribution in [1.29, 1.82) is 0 Å². The van der Waals surface area contributed by atoms with Crippen LogP contribution in [0, 0.1) is 56.7 Å². The first-order valence-corrected chi connectivity index (χ1v) is 13.9. The molecule has 0 saturated heterocycles. The second kappa shape index (κ2) is 6.99. The normalized spacial score (nSPS) is 58.5. The molecule has 5 fully saturated rings. The molecule has 178 valence electrons. The van der Waals surface area contributed by atoms with Gasteiger partial charge in [-0.1, -0.05) is 48.5 Å². The topological polar surface area (TPSA) is 9.23 Å². The predicted octanol–water partition coefficient (Wildman–Crippen LogP) is 8.51. The van der Waals surface area contributed by atoms with E-state index in [1.807, 2.05) is 7.11 Å². The van der Waals surface area contributed by atoms with E-state index in [-0.39, 0.29) is 0 Å². The minimum absolute atomic E-state index is 0.488. The van der Waals surface area contributed by atoms with Gasteiger partial charge in [-0.25, -0.2) is 0 Å². The molecular formula is C30H52O. The van der Waals surface area contributed by atoms with E-state index in [9.17, 15) is 0 Å². The number of fused-ring (bicyclic) bond motifs is 7. The first-order valence-electron chi connectivity index (χ1n) is 13.9. The summed E-state index contributed by atoms with van der Waals surface area (Å²) in [5.74, 6) is 4.51. The highest BCUT2D eigenvalue weighted by Gasteiger charge is 2.67. The van der Waals surface area contributed by atoms with Crippen LogP contribution in [0.1, 0.15) is 119 Å². The van der Waals surface area contributed by atoms with Crippen LogP contribution in [0.3, 0.4) is 0 Å². The second-order valence-electron chi connectivity index (χ2n) is 15.0. The van der Waals surface area contributed by atoms with Crippen molar-refractivity contribution < 1.29 is 4.74 Å². The van der Waals surface area contributed by atoms with Crippen molar-refractivity contribution in [2.75, 3.05) is 7.11 Å². The lowest BCUT2D eigenvalue weighted by Gasteiger charge is -2.72. The largest absolute Gasteiger partial charge is 0.381 e. The minimum atomic E-state index is 0.488. The summed E-state index contributed by atoms with van der Waals surface area (Å²) in [5.41, 5.74) is 2.74. The fourth-order valence-electron chi connectivity index (χ4n) is 11.0. The smallest absolute Gasteiger partial charge is 0.0602 e. The third-order valence-corrected chi connectivity index (χ3v) is 13.6. The van der Waals surface area contributed by atoms with E-state index >= 15 is 0 Å². The summed E-state index contributed by atoms with van der Waals surface area (Å²) < 4.78 is 5.97. The van der Waals surface area contributed by atoms with Gasteiger partial charge >= 0.3 is 0 Å². The summed E-state index contributed by atoms with van der Waals surface area (Å²) in [6.07, 6.45) is 16.5. The number of hydrogen-bond donors (Lipinski definition) is 0. The van der Waals surface area contributed by atoms with Crippen LogP contribution in [0.25, 0.3) is 0 Å². The maximum Gasteiger partial charge on any atom is 0.0602 e. The zero-order valence-corrected chi connectivity index (χ0v) is 22.2. The van der Waals surface area contributed by atoms with Crippen LogP contribution in [0.4, 0.5) is 0 Å². The van der Waals surface area contributed by atoms with Gasteiger partial charge in [0.25, 0.3) is 0 Å². The number of hydrogen-bond acceptors (Lipinski definition) is 1. The van der Waals surface area contributed by atoms with Gasteiger partial charge in [-0.2, -0.15) is 0 Å².